The minimum Gasteiger partial charge on any atom is -0.461 e. The lowest BCUT2D eigenvalue weighted by atomic mass is 9.78. The van der Waals surface area contributed by atoms with E-state index in [0.717, 1.165) is 50.6 Å². The highest BCUT2D eigenvalue weighted by Gasteiger charge is 2.47. The maximum atomic E-state index is 13.6. The Kier molecular flexibility index (Phi) is 10.0. The highest BCUT2D eigenvalue weighted by molar-refractivity contribution is 5.81. The van der Waals surface area contributed by atoms with E-state index in [-0.39, 0.29) is 17.6 Å². The van der Waals surface area contributed by atoms with Crippen LogP contribution in [0.2, 0.25) is 0 Å². The summed E-state index contributed by atoms with van der Waals surface area (Å²) in [5.41, 5.74) is -0.300. The molecule has 3 heteroatoms. The summed E-state index contributed by atoms with van der Waals surface area (Å²) < 4.78 is 6.27. The summed E-state index contributed by atoms with van der Waals surface area (Å²) in [6.45, 7) is 6.79. The van der Waals surface area contributed by atoms with Crippen LogP contribution < -0.4 is 0 Å². The lowest BCUT2D eigenvalue weighted by Crippen LogP contribution is -2.59. The Bertz CT molecular complexity index is 483. The predicted octanol–water partition coefficient (Wildman–Crippen LogP) is 7.27. The number of rotatable bonds is 10. The highest BCUT2D eigenvalue weighted by Crippen LogP contribution is 2.39. The fourth-order valence-corrected chi connectivity index (χ4v) is 6.41. The molecule has 3 nitrogen and oxygen atoms in total. The maximum Gasteiger partial charge on any atom is 0.326 e. The number of hydrogen-bond donors (Lipinski definition) is 0. The Morgan fingerprint density at radius 3 is 2.03 bits per heavy atom. The summed E-state index contributed by atoms with van der Waals surface area (Å²) in [6.07, 6.45) is 22.6. The van der Waals surface area contributed by atoms with Crippen LogP contribution in [0.15, 0.2) is 0 Å². The number of hydrogen-bond acceptors (Lipinski definition) is 3. The zero-order valence-electron chi connectivity index (χ0n) is 20.1. The van der Waals surface area contributed by atoms with Gasteiger partial charge in [0.2, 0.25) is 0 Å². The minimum absolute atomic E-state index is 0.142. The molecule has 174 valence electrons. The summed E-state index contributed by atoms with van der Waals surface area (Å²) in [5.74, 6) is 1.89. The molecule has 0 amide bonds. The zero-order chi connectivity index (χ0) is 21.2. The number of carbonyl (C=O) groups is 1. The van der Waals surface area contributed by atoms with Gasteiger partial charge in [0.15, 0.2) is 0 Å². The van der Waals surface area contributed by atoms with E-state index < -0.39 is 0 Å². The summed E-state index contributed by atoms with van der Waals surface area (Å²) >= 11 is 0. The lowest BCUT2D eigenvalue weighted by molar-refractivity contribution is -0.170. The molecule has 0 unspecified atom stereocenters. The second-order valence-corrected chi connectivity index (χ2v) is 10.7. The predicted molar refractivity (Wildman–Crippen MR) is 126 cm³/mol. The molecule has 1 saturated heterocycles. The van der Waals surface area contributed by atoms with Crippen molar-refractivity contribution >= 4 is 5.97 Å². The quantitative estimate of drug-likeness (QED) is 0.275. The van der Waals surface area contributed by atoms with Crippen molar-refractivity contribution in [2.45, 2.75) is 141 Å². The van der Waals surface area contributed by atoms with Gasteiger partial charge in [-0.3, -0.25) is 9.69 Å². The van der Waals surface area contributed by atoms with Crippen molar-refractivity contribution in [3.8, 4) is 0 Å². The molecule has 30 heavy (non-hydrogen) atoms. The molecular weight excluding hydrogens is 370 g/mol. The number of unbranched alkanes of at least 4 members (excludes halogenated alkanes) is 3. The third-order valence-electron chi connectivity index (χ3n) is 8.53. The molecule has 0 aromatic carbocycles. The van der Waals surface area contributed by atoms with Crippen molar-refractivity contribution in [3.05, 3.63) is 0 Å². The van der Waals surface area contributed by atoms with Crippen LogP contribution >= 0.6 is 0 Å². The SMILES string of the molecule is CCCCCC1CCN(C2(C(=O)O[C@H]3CC[C@H](CCCC)CC3)CCCCC2)CC1. The van der Waals surface area contributed by atoms with Gasteiger partial charge < -0.3 is 4.74 Å². The Labute approximate surface area is 186 Å². The third-order valence-corrected chi connectivity index (χ3v) is 8.53. The Morgan fingerprint density at radius 2 is 1.40 bits per heavy atom. The maximum absolute atomic E-state index is 13.6. The van der Waals surface area contributed by atoms with Crippen LogP contribution in [-0.4, -0.2) is 35.6 Å². The first-order valence-electron chi connectivity index (χ1n) is 13.6. The van der Waals surface area contributed by atoms with E-state index >= 15 is 0 Å². The van der Waals surface area contributed by atoms with Crippen LogP contribution in [0, 0.1) is 11.8 Å². The van der Waals surface area contributed by atoms with E-state index in [2.05, 4.69) is 18.7 Å². The largest absolute Gasteiger partial charge is 0.461 e. The van der Waals surface area contributed by atoms with E-state index in [4.69, 9.17) is 4.74 Å². The van der Waals surface area contributed by atoms with Crippen LogP contribution in [0.4, 0.5) is 0 Å². The standard InChI is InChI=1S/C27H49NO2/c1-3-5-8-12-24-17-21-28(22-18-24)27(19-9-7-10-20-27)26(29)30-25-15-13-23(14-16-25)11-6-4-2/h23-25H,3-22H2,1-2H3/t23-,25-. The van der Waals surface area contributed by atoms with Crippen molar-refractivity contribution < 1.29 is 9.53 Å². The number of piperidine rings is 1. The van der Waals surface area contributed by atoms with Gasteiger partial charge in [-0.25, -0.2) is 0 Å². The van der Waals surface area contributed by atoms with E-state index in [0.29, 0.717) is 0 Å². The van der Waals surface area contributed by atoms with E-state index in [1.54, 1.807) is 0 Å². The Hall–Kier alpha value is -0.570. The van der Waals surface area contributed by atoms with Gasteiger partial charge in [-0.15, -0.1) is 0 Å². The molecule has 3 aliphatic rings. The minimum atomic E-state index is -0.300. The normalized spacial score (nSPS) is 28.3. The van der Waals surface area contributed by atoms with Crippen molar-refractivity contribution in [1.29, 1.82) is 0 Å². The molecule has 1 heterocycles. The molecule has 1 aliphatic heterocycles. The Morgan fingerprint density at radius 1 is 0.800 bits per heavy atom. The van der Waals surface area contributed by atoms with Gasteiger partial charge in [-0.05, 0) is 76.3 Å². The highest BCUT2D eigenvalue weighted by atomic mass is 16.5. The summed E-state index contributed by atoms with van der Waals surface area (Å²) in [4.78, 5) is 16.1. The van der Waals surface area contributed by atoms with Crippen molar-refractivity contribution in [2.75, 3.05) is 13.1 Å². The number of esters is 1. The molecule has 0 spiro atoms. The van der Waals surface area contributed by atoms with E-state index in [1.807, 2.05) is 0 Å². The molecule has 2 aliphatic carbocycles. The molecule has 0 N–H and O–H groups in total. The second-order valence-electron chi connectivity index (χ2n) is 10.7. The molecule has 0 aromatic rings. The van der Waals surface area contributed by atoms with Gasteiger partial charge >= 0.3 is 5.97 Å². The van der Waals surface area contributed by atoms with Gasteiger partial charge in [-0.1, -0.05) is 78.1 Å². The fourth-order valence-electron chi connectivity index (χ4n) is 6.41. The first-order chi connectivity index (χ1) is 14.7. The van der Waals surface area contributed by atoms with Gasteiger partial charge in [0.25, 0.3) is 0 Å². The average molecular weight is 420 g/mol. The molecule has 0 atom stereocenters. The second kappa shape index (κ2) is 12.5. The van der Waals surface area contributed by atoms with Crippen LogP contribution in [-0.2, 0) is 9.53 Å². The van der Waals surface area contributed by atoms with Crippen LogP contribution in [0.1, 0.15) is 129 Å². The van der Waals surface area contributed by atoms with Crippen molar-refractivity contribution in [2.24, 2.45) is 11.8 Å². The monoisotopic (exact) mass is 419 g/mol. The molecular formula is C27H49NO2. The van der Waals surface area contributed by atoms with Gasteiger partial charge in [-0.2, -0.15) is 0 Å². The topological polar surface area (TPSA) is 29.5 Å². The summed E-state index contributed by atoms with van der Waals surface area (Å²) in [7, 11) is 0. The van der Waals surface area contributed by atoms with Crippen molar-refractivity contribution in [1.82, 2.24) is 4.90 Å². The first kappa shape index (κ1) is 24.1. The zero-order valence-corrected chi connectivity index (χ0v) is 20.1. The fraction of sp³-hybridized carbons (Fsp3) is 0.963. The number of carbonyl (C=O) groups excluding carboxylic acids is 1. The average Bonchev–Trinajstić information content (AvgIpc) is 2.79. The molecule has 3 rings (SSSR count). The molecule has 3 fully saturated rings. The molecule has 0 aromatic heterocycles. The van der Waals surface area contributed by atoms with Gasteiger partial charge in [0.05, 0.1) is 0 Å². The van der Waals surface area contributed by atoms with Crippen LogP contribution in [0.5, 0.6) is 0 Å². The number of nitrogens with zero attached hydrogens (tertiary/aromatic N) is 1. The summed E-state index contributed by atoms with van der Waals surface area (Å²) in [5, 5.41) is 0. The van der Waals surface area contributed by atoms with Gasteiger partial charge in [0, 0.05) is 0 Å². The third kappa shape index (κ3) is 6.47. The molecule has 2 saturated carbocycles. The van der Waals surface area contributed by atoms with Crippen LogP contribution in [0.25, 0.3) is 0 Å². The smallest absolute Gasteiger partial charge is 0.326 e. The number of likely N-dealkylation sites (tertiary alicyclic amines) is 1. The molecule has 0 radical (unpaired) electrons. The van der Waals surface area contributed by atoms with E-state index in [1.165, 1.54) is 89.9 Å². The molecule has 0 bridgehead atoms. The first-order valence-corrected chi connectivity index (χ1v) is 13.6. The van der Waals surface area contributed by atoms with Crippen molar-refractivity contribution in [3.63, 3.8) is 0 Å². The Balaban J connectivity index is 1.52. The summed E-state index contributed by atoms with van der Waals surface area (Å²) in [6, 6.07) is 0. The van der Waals surface area contributed by atoms with Crippen LogP contribution in [0.3, 0.4) is 0 Å². The lowest BCUT2D eigenvalue weighted by Gasteiger charge is -2.48. The van der Waals surface area contributed by atoms with Gasteiger partial charge in [0.1, 0.15) is 11.6 Å². The van der Waals surface area contributed by atoms with E-state index in [9.17, 15) is 4.79 Å². The number of ether oxygens (including phenoxy) is 1.